The van der Waals surface area contributed by atoms with Gasteiger partial charge < -0.3 is 5.32 Å². The van der Waals surface area contributed by atoms with Crippen LogP contribution >= 0.6 is 0 Å². The van der Waals surface area contributed by atoms with Crippen LogP contribution in [-0.2, 0) is 0 Å². The fourth-order valence-electron chi connectivity index (χ4n) is 3.67. The van der Waals surface area contributed by atoms with Crippen LogP contribution in [0.15, 0.2) is 0 Å². The Morgan fingerprint density at radius 3 is 2.21 bits per heavy atom. The van der Waals surface area contributed by atoms with E-state index in [0.717, 1.165) is 18.6 Å². The maximum absolute atomic E-state index is 3.72. The molecular formula is C16H33N3. The molecule has 1 heterocycles. The molecule has 2 fully saturated rings. The Hall–Kier alpha value is -0.120. The van der Waals surface area contributed by atoms with E-state index in [0.29, 0.717) is 6.04 Å². The number of hydrogen-bond acceptors (Lipinski definition) is 3. The van der Waals surface area contributed by atoms with E-state index in [9.17, 15) is 0 Å². The first-order chi connectivity index (χ1) is 9.30. The van der Waals surface area contributed by atoms with Gasteiger partial charge in [-0.2, -0.15) is 0 Å². The Labute approximate surface area is 119 Å². The van der Waals surface area contributed by atoms with Crippen molar-refractivity contribution in [3.8, 4) is 0 Å². The van der Waals surface area contributed by atoms with E-state index in [1.165, 1.54) is 58.3 Å². The molecule has 0 spiro atoms. The number of piperazine rings is 1. The second-order valence-corrected chi connectivity index (χ2v) is 6.23. The quantitative estimate of drug-likeness (QED) is 0.728. The van der Waals surface area contributed by atoms with Gasteiger partial charge in [0.2, 0.25) is 0 Å². The van der Waals surface area contributed by atoms with Crippen LogP contribution in [0.5, 0.6) is 0 Å². The summed E-state index contributed by atoms with van der Waals surface area (Å²) in [5.41, 5.74) is 0. The third kappa shape index (κ3) is 4.17. The molecule has 1 aliphatic heterocycles. The summed E-state index contributed by atoms with van der Waals surface area (Å²) in [6.07, 6.45) is 6.78. The van der Waals surface area contributed by atoms with Crippen molar-refractivity contribution in [2.24, 2.45) is 0 Å². The van der Waals surface area contributed by atoms with E-state index in [4.69, 9.17) is 0 Å². The van der Waals surface area contributed by atoms with Crippen LogP contribution in [0.4, 0.5) is 0 Å². The van der Waals surface area contributed by atoms with Gasteiger partial charge in [0.15, 0.2) is 0 Å². The Kier molecular flexibility index (Phi) is 6.11. The molecule has 2 unspecified atom stereocenters. The van der Waals surface area contributed by atoms with Crippen molar-refractivity contribution in [1.29, 1.82) is 0 Å². The van der Waals surface area contributed by atoms with Gasteiger partial charge in [0, 0.05) is 44.3 Å². The highest BCUT2D eigenvalue weighted by atomic mass is 15.3. The Bertz CT molecular complexity index is 238. The first-order valence-corrected chi connectivity index (χ1v) is 8.51. The summed E-state index contributed by atoms with van der Waals surface area (Å²) in [6.45, 7) is 13.2. The lowest BCUT2D eigenvalue weighted by Crippen LogP contribution is -2.56. The molecule has 112 valence electrons. The molecule has 0 bridgehead atoms. The Balaban J connectivity index is 1.85. The van der Waals surface area contributed by atoms with E-state index < -0.39 is 0 Å². The van der Waals surface area contributed by atoms with Crippen LogP contribution in [-0.4, -0.2) is 60.6 Å². The summed E-state index contributed by atoms with van der Waals surface area (Å²) in [5.74, 6) is 0. The molecule has 0 aromatic rings. The fraction of sp³-hybridized carbons (Fsp3) is 1.00. The van der Waals surface area contributed by atoms with Gasteiger partial charge in [0.05, 0.1) is 0 Å². The van der Waals surface area contributed by atoms with E-state index in [1.807, 2.05) is 0 Å². The molecule has 1 aliphatic carbocycles. The zero-order valence-corrected chi connectivity index (χ0v) is 13.2. The highest BCUT2D eigenvalue weighted by Crippen LogP contribution is 2.28. The van der Waals surface area contributed by atoms with Crippen LogP contribution < -0.4 is 5.32 Å². The fourth-order valence-corrected chi connectivity index (χ4v) is 3.67. The maximum atomic E-state index is 3.72. The second kappa shape index (κ2) is 7.61. The van der Waals surface area contributed by atoms with Crippen LogP contribution in [0.1, 0.15) is 52.9 Å². The molecule has 2 aliphatic rings. The van der Waals surface area contributed by atoms with Gasteiger partial charge in [-0.25, -0.2) is 0 Å². The predicted molar refractivity (Wildman–Crippen MR) is 82.6 cm³/mol. The summed E-state index contributed by atoms with van der Waals surface area (Å²) in [6, 6.07) is 2.37. The van der Waals surface area contributed by atoms with Gasteiger partial charge >= 0.3 is 0 Å². The van der Waals surface area contributed by atoms with Crippen molar-refractivity contribution in [1.82, 2.24) is 15.1 Å². The van der Waals surface area contributed by atoms with Crippen LogP contribution in [0.25, 0.3) is 0 Å². The number of nitrogens with one attached hydrogen (secondary N) is 1. The molecule has 1 saturated carbocycles. The van der Waals surface area contributed by atoms with Gasteiger partial charge in [0.25, 0.3) is 0 Å². The van der Waals surface area contributed by atoms with Crippen LogP contribution in [0, 0.1) is 0 Å². The molecule has 19 heavy (non-hydrogen) atoms. The van der Waals surface area contributed by atoms with Gasteiger partial charge in [0.1, 0.15) is 0 Å². The van der Waals surface area contributed by atoms with E-state index in [-0.39, 0.29) is 0 Å². The summed E-state index contributed by atoms with van der Waals surface area (Å²) in [7, 11) is 0. The first kappa shape index (κ1) is 15.3. The third-order valence-corrected chi connectivity index (χ3v) is 4.83. The molecule has 3 heteroatoms. The maximum Gasteiger partial charge on any atom is 0.0247 e. The molecule has 2 atom stereocenters. The minimum atomic E-state index is 0.687. The number of rotatable bonds is 8. The largest absolute Gasteiger partial charge is 0.313 e. The van der Waals surface area contributed by atoms with Crippen molar-refractivity contribution in [3.05, 3.63) is 0 Å². The standard InChI is InChI=1S/C16H33N3/c1-4-7-15(17-6-3)16(5-2)19-12-10-18(11-13-19)14-8-9-14/h14-17H,4-13H2,1-3H3. The SMILES string of the molecule is CCCC(NCC)C(CC)N1CCN(C2CC2)CC1. The zero-order valence-electron chi connectivity index (χ0n) is 13.2. The summed E-state index contributed by atoms with van der Waals surface area (Å²) >= 11 is 0. The summed E-state index contributed by atoms with van der Waals surface area (Å²) in [4.78, 5) is 5.47. The summed E-state index contributed by atoms with van der Waals surface area (Å²) in [5, 5.41) is 3.72. The number of hydrogen-bond donors (Lipinski definition) is 1. The molecule has 0 aromatic carbocycles. The third-order valence-electron chi connectivity index (χ3n) is 4.83. The predicted octanol–water partition coefficient (Wildman–Crippen LogP) is 2.32. The lowest BCUT2D eigenvalue weighted by molar-refractivity contribution is 0.0708. The smallest absolute Gasteiger partial charge is 0.0247 e. The summed E-state index contributed by atoms with van der Waals surface area (Å²) < 4.78 is 0. The molecule has 3 nitrogen and oxygen atoms in total. The van der Waals surface area contributed by atoms with E-state index >= 15 is 0 Å². The van der Waals surface area contributed by atoms with E-state index in [2.05, 4.69) is 35.9 Å². The van der Waals surface area contributed by atoms with Gasteiger partial charge in [-0.05, 0) is 32.2 Å². The molecule has 0 radical (unpaired) electrons. The molecule has 0 aromatic heterocycles. The van der Waals surface area contributed by atoms with Crippen molar-refractivity contribution in [2.75, 3.05) is 32.7 Å². The van der Waals surface area contributed by atoms with E-state index in [1.54, 1.807) is 0 Å². The van der Waals surface area contributed by atoms with Crippen LogP contribution in [0.3, 0.4) is 0 Å². The normalized spacial score (nSPS) is 25.4. The van der Waals surface area contributed by atoms with Gasteiger partial charge in [-0.3, -0.25) is 9.80 Å². The van der Waals surface area contributed by atoms with Crippen molar-refractivity contribution >= 4 is 0 Å². The number of nitrogens with zero attached hydrogens (tertiary/aromatic N) is 2. The minimum Gasteiger partial charge on any atom is -0.313 e. The molecule has 1 saturated heterocycles. The lowest BCUT2D eigenvalue weighted by Gasteiger charge is -2.42. The minimum absolute atomic E-state index is 0.687. The van der Waals surface area contributed by atoms with Gasteiger partial charge in [-0.15, -0.1) is 0 Å². The topological polar surface area (TPSA) is 18.5 Å². The van der Waals surface area contributed by atoms with Crippen LogP contribution in [0.2, 0.25) is 0 Å². The Morgan fingerprint density at radius 1 is 1.05 bits per heavy atom. The highest BCUT2D eigenvalue weighted by molar-refractivity contribution is 4.91. The lowest BCUT2D eigenvalue weighted by atomic mass is 9.98. The average Bonchev–Trinajstić information content (AvgIpc) is 3.25. The Morgan fingerprint density at radius 2 is 1.74 bits per heavy atom. The van der Waals surface area contributed by atoms with Crippen molar-refractivity contribution < 1.29 is 0 Å². The van der Waals surface area contributed by atoms with Crippen molar-refractivity contribution in [2.45, 2.75) is 71.0 Å². The van der Waals surface area contributed by atoms with Crippen molar-refractivity contribution in [3.63, 3.8) is 0 Å². The molecule has 0 amide bonds. The second-order valence-electron chi connectivity index (χ2n) is 6.23. The van der Waals surface area contributed by atoms with Gasteiger partial charge in [-0.1, -0.05) is 27.2 Å². The highest BCUT2D eigenvalue weighted by Gasteiger charge is 2.34. The first-order valence-electron chi connectivity index (χ1n) is 8.51. The molecular weight excluding hydrogens is 234 g/mol. The average molecular weight is 267 g/mol. The molecule has 2 rings (SSSR count). The number of likely N-dealkylation sites (N-methyl/N-ethyl adjacent to an activating group) is 1. The monoisotopic (exact) mass is 267 g/mol. The zero-order chi connectivity index (χ0) is 13.7. The molecule has 1 N–H and O–H groups in total.